The molecule has 3 N–H and O–H groups in total. The van der Waals surface area contributed by atoms with Gasteiger partial charge in [0, 0.05) is 5.56 Å². The molecule has 0 heterocycles. The summed E-state index contributed by atoms with van der Waals surface area (Å²) in [5.74, 6) is 5.68. The van der Waals surface area contributed by atoms with Gasteiger partial charge in [0.2, 0.25) is 0 Å². The number of nitrogens with two attached hydrogens (primary N) is 1. The molecule has 0 saturated carbocycles. The minimum absolute atomic E-state index is 0.0575. The molecule has 0 amide bonds. The monoisotopic (exact) mass is 370 g/mol. The van der Waals surface area contributed by atoms with Crippen molar-refractivity contribution in [3.63, 3.8) is 0 Å². The van der Waals surface area contributed by atoms with Crippen LogP contribution in [-0.4, -0.2) is 17.7 Å². The van der Waals surface area contributed by atoms with E-state index < -0.39 is 11.7 Å². The van der Waals surface area contributed by atoms with E-state index in [1.165, 1.54) is 18.3 Å². The van der Waals surface area contributed by atoms with Gasteiger partial charge < -0.3 is 4.74 Å². The third-order valence-corrected chi connectivity index (χ3v) is 3.54. The highest BCUT2D eigenvalue weighted by Crippen LogP contribution is 2.30. The van der Waals surface area contributed by atoms with E-state index in [1.807, 2.05) is 0 Å². The maximum absolute atomic E-state index is 12.5. The highest BCUT2D eigenvalue weighted by atomic mass is 35.5. The number of rotatable bonds is 6. The second kappa shape index (κ2) is 8.00. The number of hydrazone groups is 1. The summed E-state index contributed by atoms with van der Waals surface area (Å²) in [6.45, 7) is 0.0575. The van der Waals surface area contributed by atoms with Crippen molar-refractivity contribution in [2.24, 2.45) is 10.9 Å². The Kier molecular flexibility index (Phi) is 6.00. The molecule has 2 aromatic rings. The number of nitrogens with zero attached hydrogens (tertiary/aromatic N) is 2. The Balaban J connectivity index is 2.08. The highest BCUT2D eigenvalue weighted by molar-refractivity contribution is 6.34. The Morgan fingerprint density at radius 1 is 1.20 bits per heavy atom. The van der Waals surface area contributed by atoms with E-state index in [-0.39, 0.29) is 11.6 Å². The quantitative estimate of drug-likeness (QED) is 0.348. The Morgan fingerprint density at radius 3 is 2.48 bits per heavy atom. The summed E-state index contributed by atoms with van der Waals surface area (Å²) in [5.41, 5.74) is 0.369. The van der Waals surface area contributed by atoms with Gasteiger partial charge in [-0.15, -0.1) is 0 Å². The molecule has 0 aromatic heterocycles. The number of benzene rings is 2. The molecule has 0 aliphatic heterocycles. The van der Waals surface area contributed by atoms with E-state index in [9.17, 15) is 13.2 Å². The van der Waals surface area contributed by atoms with Crippen LogP contribution in [0.4, 0.5) is 13.2 Å². The average molecular weight is 371 g/mol. The summed E-state index contributed by atoms with van der Waals surface area (Å²) in [7, 11) is 0. The first-order valence-corrected chi connectivity index (χ1v) is 7.35. The second-order valence-corrected chi connectivity index (χ2v) is 5.27. The van der Waals surface area contributed by atoms with Crippen LogP contribution in [-0.2, 0) is 12.8 Å². The zero-order chi connectivity index (χ0) is 18.4. The predicted octanol–water partition coefficient (Wildman–Crippen LogP) is 4.05. The van der Waals surface area contributed by atoms with Gasteiger partial charge in [-0.1, -0.05) is 35.9 Å². The summed E-state index contributed by atoms with van der Waals surface area (Å²) in [5, 5.41) is 11.8. The third kappa shape index (κ3) is 5.20. The topological polar surface area (TPSA) is 74.7 Å². The van der Waals surface area contributed by atoms with Crippen molar-refractivity contribution in [1.82, 2.24) is 5.12 Å². The zero-order valence-corrected chi connectivity index (χ0v) is 13.6. The first-order valence-electron chi connectivity index (χ1n) is 6.97. The van der Waals surface area contributed by atoms with Crippen molar-refractivity contribution in [2.75, 3.05) is 0 Å². The van der Waals surface area contributed by atoms with Crippen LogP contribution in [0.5, 0.6) is 5.75 Å². The summed E-state index contributed by atoms with van der Waals surface area (Å²) in [6, 6.07) is 9.67. The van der Waals surface area contributed by atoms with Crippen molar-refractivity contribution in [3.05, 3.63) is 64.2 Å². The van der Waals surface area contributed by atoms with E-state index in [1.54, 1.807) is 18.2 Å². The van der Waals surface area contributed by atoms with Crippen molar-refractivity contribution < 1.29 is 17.9 Å². The molecule has 0 fully saturated rings. The number of hydrogen-bond acceptors (Lipinski definition) is 4. The molecule has 0 saturated heterocycles. The lowest BCUT2D eigenvalue weighted by Gasteiger charge is -2.11. The number of hydrogen-bond donors (Lipinski definition) is 2. The SMILES string of the molecule is N=CN(N)N=Cc1cccc(OCc2ccc(C(F)(F)F)cc2)c1Cl. The molecule has 9 heteroatoms. The second-order valence-electron chi connectivity index (χ2n) is 4.90. The predicted molar refractivity (Wildman–Crippen MR) is 89.6 cm³/mol. The normalized spacial score (nSPS) is 11.6. The third-order valence-electron chi connectivity index (χ3n) is 3.13. The van der Waals surface area contributed by atoms with Gasteiger partial charge >= 0.3 is 6.18 Å². The van der Waals surface area contributed by atoms with Gasteiger partial charge in [0.1, 0.15) is 18.7 Å². The van der Waals surface area contributed by atoms with E-state index in [2.05, 4.69) is 5.10 Å². The van der Waals surface area contributed by atoms with Gasteiger partial charge in [0.05, 0.1) is 16.8 Å². The highest BCUT2D eigenvalue weighted by Gasteiger charge is 2.29. The largest absolute Gasteiger partial charge is 0.487 e. The zero-order valence-electron chi connectivity index (χ0n) is 12.8. The van der Waals surface area contributed by atoms with Crippen molar-refractivity contribution >= 4 is 24.2 Å². The van der Waals surface area contributed by atoms with Crippen LogP contribution in [0.3, 0.4) is 0 Å². The number of hydrazine groups is 1. The van der Waals surface area contributed by atoms with Gasteiger partial charge in [0.15, 0.2) is 0 Å². The van der Waals surface area contributed by atoms with Crippen LogP contribution in [0.2, 0.25) is 5.02 Å². The van der Waals surface area contributed by atoms with Crippen LogP contribution >= 0.6 is 11.6 Å². The lowest BCUT2D eigenvalue weighted by Crippen LogP contribution is -2.22. The number of nitrogens with one attached hydrogen (secondary N) is 1. The fourth-order valence-electron chi connectivity index (χ4n) is 1.85. The fourth-order valence-corrected chi connectivity index (χ4v) is 2.08. The first-order chi connectivity index (χ1) is 11.8. The van der Waals surface area contributed by atoms with Crippen LogP contribution in [0.25, 0.3) is 0 Å². The molecule has 0 spiro atoms. The van der Waals surface area contributed by atoms with E-state index in [4.69, 9.17) is 27.6 Å². The number of halogens is 4. The molecular formula is C16H14ClF3N4O. The van der Waals surface area contributed by atoms with Gasteiger partial charge in [0.25, 0.3) is 0 Å². The van der Waals surface area contributed by atoms with E-state index >= 15 is 0 Å². The Labute approximate surface area is 146 Å². The molecule has 0 unspecified atom stereocenters. The van der Waals surface area contributed by atoms with E-state index in [0.717, 1.165) is 23.6 Å². The summed E-state index contributed by atoms with van der Waals surface area (Å²) < 4.78 is 43.2. The molecule has 0 radical (unpaired) electrons. The van der Waals surface area contributed by atoms with Gasteiger partial charge in [-0.25, -0.2) is 5.84 Å². The standard InChI is InChI=1S/C16H14ClF3N4O/c17-15-12(8-23-24(22)10-21)2-1-3-14(15)25-9-11-4-6-13(7-5-11)16(18,19)20/h1-8,10,21H,9,22H2. The molecule has 132 valence electrons. The molecule has 0 bridgehead atoms. The summed E-state index contributed by atoms with van der Waals surface area (Å²) >= 11 is 6.21. The lowest BCUT2D eigenvalue weighted by molar-refractivity contribution is -0.137. The van der Waals surface area contributed by atoms with Crippen LogP contribution in [0, 0.1) is 5.41 Å². The molecule has 25 heavy (non-hydrogen) atoms. The van der Waals surface area contributed by atoms with E-state index in [0.29, 0.717) is 16.9 Å². The fraction of sp³-hybridized carbons (Fsp3) is 0.125. The maximum Gasteiger partial charge on any atom is 0.416 e. The van der Waals surface area contributed by atoms with Crippen molar-refractivity contribution in [2.45, 2.75) is 12.8 Å². The number of ether oxygens (including phenoxy) is 1. The Hall–Kier alpha value is -2.58. The molecular weight excluding hydrogens is 357 g/mol. The average Bonchev–Trinajstić information content (AvgIpc) is 2.59. The van der Waals surface area contributed by atoms with Crippen LogP contribution in [0.1, 0.15) is 16.7 Å². The smallest absolute Gasteiger partial charge is 0.416 e. The minimum Gasteiger partial charge on any atom is -0.487 e. The Bertz CT molecular complexity index is 763. The molecule has 5 nitrogen and oxygen atoms in total. The molecule has 0 aliphatic rings. The van der Waals surface area contributed by atoms with Gasteiger partial charge in [-0.05, 0) is 23.8 Å². The summed E-state index contributed by atoms with van der Waals surface area (Å²) in [4.78, 5) is 0. The van der Waals surface area contributed by atoms with Gasteiger partial charge in [-0.2, -0.15) is 23.4 Å². The number of alkyl halides is 3. The molecule has 0 aliphatic carbocycles. The lowest BCUT2D eigenvalue weighted by atomic mass is 10.1. The van der Waals surface area contributed by atoms with Crippen LogP contribution < -0.4 is 10.6 Å². The molecule has 2 aromatic carbocycles. The van der Waals surface area contributed by atoms with Crippen molar-refractivity contribution in [1.29, 1.82) is 5.41 Å². The Morgan fingerprint density at radius 2 is 1.88 bits per heavy atom. The first kappa shape index (κ1) is 18.8. The van der Waals surface area contributed by atoms with Crippen molar-refractivity contribution in [3.8, 4) is 5.75 Å². The maximum atomic E-state index is 12.5. The van der Waals surface area contributed by atoms with Gasteiger partial charge in [-0.3, -0.25) is 5.41 Å². The van der Waals surface area contributed by atoms with Crippen LogP contribution in [0.15, 0.2) is 47.6 Å². The molecule has 0 atom stereocenters. The molecule has 2 rings (SSSR count). The summed E-state index contributed by atoms with van der Waals surface area (Å²) in [6.07, 6.45) is -2.20. The minimum atomic E-state index is -4.37.